The lowest BCUT2D eigenvalue weighted by molar-refractivity contribution is -0.790. The lowest BCUT2D eigenvalue weighted by Crippen LogP contribution is -2.34. The van der Waals surface area contributed by atoms with Crippen molar-refractivity contribution in [3.05, 3.63) is 20.2 Å². The molecule has 0 heterocycles. The highest BCUT2D eigenvalue weighted by atomic mass is 17.0. The molecule has 0 bridgehead atoms. The van der Waals surface area contributed by atoms with Crippen LogP contribution in [0.2, 0.25) is 0 Å². The molecule has 0 rings (SSSR count). The second-order valence-corrected chi connectivity index (χ2v) is 5.50. The summed E-state index contributed by atoms with van der Waals surface area (Å²) in [4.78, 5) is 39.9. The van der Waals surface area contributed by atoms with E-state index in [0.717, 1.165) is 0 Å². The first-order valence-corrected chi connectivity index (χ1v) is 7.06. The molecule has 0 N–H and O–H groups in total. The van der Waals surface area contributed by atoms with Gasteiger partial charge in [-0.05, 0) is 19.8 Å². The highest BCUT2D eigenvalue weighted by molar-refractivity contribution is 5.60. The molecule has 0 aliphatic heterocycles. The van der Waals surface area contributed by atoms with Crippen LogP contribution in [0, 0.1) is 26.1 Å². The average molecular weight is 354 g/mol. The van der Waals surface area contributed by atoms with Crippen molar-refractivity contribution in [2.75, 3.05) is 26.4 Å². The van der Waals surface area contributed by atoms with Crippen molar-refractivity contribution in [3.63, 3.8) is 0 Å². The summed E-state index contributed by atoms with van der Waals surface area (Å²) < 4.78 is 14.9. The van der Waals surface area contributed by atoms with Gasteiger partial charge in [-0.1, -0.05) is 13.8 Å². The summed E-state index contributed by atoms with van der Waals surface area (Å²) in [5.41, 5.74) is -0.692. The maximum absolute atomic E-state index is 11.5. The lowest BCUT2D eigenvalue weighted by atomic mass is 9.95. The highest BCUT2D eigenvalue weighted by Gasteiger charge is 2.27. The molecule has 0 aliphatic rings. The van der Waals surface area contributed by atoms with Gasteiger partial charge >= 0.3 is 6.16 Å². The first kappa shape index (κ1) is 21.6. The summed E-state index contributed by atoms with van der Waals surface area (Å²) in [6.07, 6.45) is -2.15. The maximum atomic E-state index is 11.5. The summed E-state index contributed by atoms with van der Waals surface area (Å²) in [5, 5.41) is 18.1. The lowest BCUT2D eigenvalue weighted by Gasteiger charge is -2.28. The van der Waals surface area contributed by atoms with Gasteiger partial charge in [0.25, 0.3) is 10.2 Å². The molecule has 0 aromatic carbocycles. The van der Waals surface area contributed by atoms with Crippen molar-refractivity contribution in [3.8, 4) is 0 Å². The van der Waals surface area contributed by atoms with Crippen molar-refractivity contribution in [1.82, 2.24) is 0 Å². The van der Waals surface area contributed by atoms with Gasteiger partial charge in [0.2, 0.25) is 0 Å². The second-order valence-electron chi connectivity index (χ2n) is 5.50. The van der Waals surface area contributed by atoms with E-state index in [0.29, 0.717) is 0 Å². The average Bonchev–Trinajstić information content (AvgIpc) is 2.42. The summed E-state index contributed by atoms with van der Waals surface area (Å²) >= 11 is 0. The zero-order valence-electron chi connectivity index (χ0n) is 14.0. The van der Waals surface area contributed by atoms with E-state index in [1.807, 2.05) is 13.8 Å². The van der Waals surface area contributed by atoms with Crippen LogP contribution in [0.5, 0.6) is 0 Å². The quantitative estimate of drug-likeness (QED) is 0.217. The third-order valence-electron chi connectivity index (χ3n) is 3.09. The van der Waals surface area contributed by atoms with Crippen LogP contribution in [0.3, 0.4) is 0 Å². The zero-order chi connectivity index (χ0) is 18.8. The molecule has 12 heteroatoms. The number of carbonyl (C=O) groups excluding carboxylic acids is 1. The van der Waals surface area contributed by atoms with E-state index < -0.39 is 34.6 Å². The van der Waals surface area contributed by atoms with Gasteiger partial charge in [0.1, 0.15) is 18.8 Å². The zero-order valence-corrected chi connectivity index (χ0v) is 14.0. The fourth-order valence-corrected chi connectivity index (χ4v) is 1.14. The Kier molecular flexibility index (Phi) is 9.38. The molecule has 0 aromatic heterocycles. The van der Waals surface area contributed by atoms with Crippen LogP contribution in [0.4, 0.5) is 4.79 Å². The molecule has 12 nitrogen and oxygen atoms in total. The Labute approximate surface area is 138 Å². The summed E-state index contributed by atoms with van der Waals surface area (Å²) in [6, 6.07) is 0. The fourth-order valence-electron chi connectivity index (χ4n) is 1.14. The van der Waals surface area contributed by atoms with E-state index in [1.165, 1.54) is 0 Å². The van der Waals surface area contributed by atoms with Gasteiger partial charge in [-0.25, -0.2) is 4.79 Å². The number of carbonyl (C=O) groups is 1. The smallest absolute Gasteiger partial charge is 0.432 e. The van der Waals surface area contributed by atoms with Crippen molar-refractivity contribution >= 4 is 6.16 Å². The van der Waals surface area contributed by atoms with Crippen LogP contribution in [-0.2, 0) is 23.9 Å². The van der Waals surface area contributed by atoms with Gasteiger partial charge < -0.3 is 23.9 Å². The van der Waals surface area contributed by atoms with Crippen molar-refractivity contribution in [2.45, 2.75) is 39.4 Å². The molecule has 0 spiro atoms. The second kappa shape index (κ2) is 10.4. The highest BCUT2D eigenvalue weighted by Crippen LogP contribution is 2.20. The Morgan fingerprint density at radius 3 is 2.21 bits per heavy atom. The number of rotatable bonds is 12. The predicted molar refractivity (Wildman–Crippen MR) is 77.0 cm³/mol. The van der Waals surface area contributed by atoms with Gasteiger partial charge in [0.15, 0.2) is 6.10 Å². The third kappa shape index (κ3) is 10.4. The van der Waals surface area contributed by atoms with Crippen LogP contribution in [-0.4, -0.2) is 54.5 Å². The van der Waals surface area contributed by atoms with Gasteiger partial charge in [0, 0.05) is 0 Å². The van der Waals surface area contributed by atoms with Crippen molar-refractivity contribution in [2.24, 2.45) is 5.92 Å². The van der Waals surface area contributed by atoms with Crippen molar-refractivity contribution in [1.29, 1.82) is 0 Å². The van der Waals surface area contributed by atoms with Crippen LogP contribution < -0.4 is 0 Å². The maximum Gasteiger partial charge on any atom is 0.508 e. The minimum absolute atomic E-state index is 0.0860. The summed E-state index contributed by atoms with van der Waals surface area (Å²) in [7, 11) is 0. The van der Waals surface area contributed by atoms with E-state index in [2.05, 4.69) is 9.68 Å². The minimum Gasteiger partial charge on any atom is -0.432 e. The van der Waals surface area contributed by atoms with Crippen molar-refractivity contribution < 1.29 is 38.9 Å². The molecule has 0 saturated carbocycles. The van der Waals surface area contributed by atoms with Crippen LogP contribution in [0.25, 0.3) is 0 Å². The summed E-state index contributed by atoms with van der Waals surface area (Å²) in [6.45, 7) is 5.97. The fraction of sp³-hybridized carbons (Fsp3) is 0.917. The Hall–Kier alpha value is -2.37. The number of nitrogens with zero attached hydrogens (tertiary/aromatic N) is 2. The Balaban J connectivity index is 4.01. The largest absolute Gasteiger partial charge is 0.508 e. The molecule has 0 radical (unpaired) electrons. The predicted octanol–water partition coefficient (Wildman–Crippen LogP) is 1.38. The van der Waals surface area contributed by atoms with E-state index >= 15 is 0 Å². The SMILES string of the molecule is CC(C)C(C)(C)OC(=O)OCCOC[C@H](CO[N+](=O)[O-])O[N+](=O)[O-]. The molecule has 0 aromatic rings. The number of hydrogen-bond acceptors (Lipinski definition) is 10. The van der Waals surface area contributed by atoms with Gasteiger partial charge in [0.05, 0.1) is 13.2 Å². The van der Waals surface area contributed by atoms with Gasteiger partial charge in [-0.15, -0.1) is 20.2 Å². The molecule has 1 atom stereocenters. The van der Waals surface area contributed by atoms with Crippen LogP contribution in [0.15, 0.2) is 0 Å². The summed E-state index contributed by atoms with van der Waals surface area (Å²) in [5.74, 6) is 0.0860. The molecule has 0 amide bonds. The van der Waals surface area contributed by atoms with E-state index in [9.17, 15) is 25.0 Å². The van der Waals surface area contributed by atoms with E-state index in [-0.39, 0.29) is 25.7 Å². The minimum atomic E-state index is -1.28. The normalized spacial score (nSPS) is 12.4. The molecule has 24 heavy (non-hydrogen) atoms. The molecule has 0 unspecified atom stereocenters. The topological polar surface area (TPSA) is 150 Å². The van der Waals surface area contributed by atoms with E-state index in [4.69, 9.17) is 14.2 Å². The molecular formula is C12H22N2O10. The van der Waals surface area contributed by atoms with Crippen LogP contribution >= 0.6 is 0 Å². The molecular weight excluding hydrogens is 332 g/mol. The molecule has 0 saturated heterocycles. The van der Waals surface area contributed by atoms with E-state index in [1.54, 1.807) is 13.8 Å². The third-order valence-corrected chi connectivity index (χ3v) is 3.09. The Morgan fingerprint density at radius 2 is 1.71 bits per heavy atom. The Bertz CT molecular complexity index is 426. The number of hydrogen-bond donors (Lipinski definition) is 0. The van der Waals surface area contributed by atoms with Gasteiger partial charge in [-0.3, -0.25) is 0 Å². The first-order chi connectivity index (χ1) is 11.0. The first-order valence-electron chi connectivity index (χ1n) is 7.06. The number of ether oxygens (including phenoxy) is 3. The molecule has 0 fully saturated rings. The standard InChI is InChI=1S/C12H22N2O10/c1-9(2)12(3,4)23-11(15)21-6-5-20-7-10(24-14(18)19)8-22-13(16)17/h9-10H,5-8H2,1-4H3/t10-/m1/s1. The van der Waals surface area contributed by atoms with Crippen LogP contribution in [0.1, 0.15) is 27.7 Å². The Morgan fingerprint density at radius 1 is 1.08 bits per heavy atom. The van der Waals surface area contributed by atoms with Gasteiger partial charge in [-0.2, -0.15) is 0 Å². The molecule has 0 aliphatic carbocycles. The monoisotopic (exact) mass is 354 g/mol. The molecule has 140 valence electrons.